The first-order valence-corrected chi connectivity index (χ1v) is 8.56. The van der Waals surface area contributed by atoms with Gasteiger partial charge in [-0.3, -0.25) is 4.79 Å². The van der Waals surface area contributed by atoms with Crippen LogP contribution >= 0.6 is 0 Å². The van der Waals surface area contributed by atoms with Gasteiger partial charge in [0.15, 0.2) is 0 Å². The molecule has 2 aromatic carbocycles. The third-order valence-electron chi connectivity index (χ3n) is 4.31. The Morgan fingerprint density at radius 3 is 2.85 bits per heavy atom. The number of methoxy groups -OCH3 is 1. The second kappa shape index (κ2) is 7.33. The van der Waals surface area contributed by atoms with Crippen molar-refractivity contribution in [3.63, 3.8) is 0 Å². The number of aromatic nitrogens is 3. The molecule has 0 atom stereocenters. The normalized spacial score (nSPS) is 10.9. The highest BCUT2D eigenvalue weighted by Gasteiger charge is 2.17. The van der Waals surface area contributed by atoms with Gasteiger partial charge in [-0.2, -0.15) is 4.98 Å². The molecule has 4 rings (SSSR count). The number of benzene rings is 2. The molecule has 136 valence electrons. The molecule has 4 aromatic rings. The van der Waals surface area contributed by atoms with Crippen LogP contribution in [-0.4, -0.2) is 34.7 Å². The zero-order chi connectivity index (χ0) is 18.6. The van der Waals surface area contributed by atoms with E-state index in [4.69, 9.17) is 9.26 Å². The van der Waals surface area contributed by atoms with Gasteiger partial charge in [0.1, 0.15) is 5.75 Å². The Balaban J connectivity index is 1.40. The number of hydrogen-bond acceptors (Lipinski definition) is 5. The summed E-state index contributed by atoms with van der Waals surface area (Å²) in [6, 6.07) is 15.4. The molecular formula is C20H18N4O3. The summed E-state index contributed by atoms with van der Waals surface area (Å²) in [5.41, 5.74) is 2.89. The maximum absolute atomic E-state index is 12.3. The lowest BCUT2D eigenvalue weighted by molar-refractivity contribution is 0.0910. The Morgan fingerprint density at radius 2 is 2.04 bits per heavy atom. The minimum absolute atomic E-state index is 0.0488. The van der Waals surface area contributed by atoms with Crippen LogP contribution < -0.4 is 10.1 Å². The average molecular weight is 362 g/mol. The number of carbonyl (C=O) groups excluding carboxylic acids is 1. The summed E-state index contributed by atoms with van der Waals surface area (Å²) in [6.07, 6.45) is 2.54. The number of nitrogens with zero attached hydrogens (tertiary/aromatic N) is 2. The van der Waals surface area contributed by atoms with Gasteiger partial charge in [-0.15, -0.1) is 0 Å². The van der Waals surface area contributed by atoms with Crippen LogP contribution in [0.4, 0.5) is 0 Å². The lowest BCUT2D eigenvalue weighted by Gasteiger charge is -2.04. The van der Waals surface area contributed by atoms with E-state index in [0.29, 0.717) is 18.8 Å². The summed E-state index contributed by atoms with van der Waals surface area (Å²) < 4.78 is 10.3. The van der Waals surface area contributed by atoms with E-state index in [2.05, 4.69) is 20.4 Å². The Labute approximate surface area is 155 Å². The summed E-state index contributed by atoms with van der Waals surface area (Å²) in [5, 5.41) is 7.72. The molecule has 0 saturated heterocycles. The van der Waals surface area contributed by atoms with Crippen molar-refractivity contribution in [2.75, 3.05) is 13.7 Å². The zero-order valence-corrected chi connectivity index (χ0v) is 14.7. The maximum Gasteiger partial charge on any atom is 0.316 e. The minimum atomic E-state index is -0.386. The predicted molar refractivity (Wildman–Crippen MR) is 101 cm³/mol. The molecule has 0 spiro atoms. The molecule has 2 N–H and O–H groups in total. The number of amides is 1. The fraction of sp³-hybridized carbons (Fsp3) is 0.150. The molecule has 1 amide bonds. The fourth-order valence-electron chi connectivity index (χ4n) is 2.89. The zero-order valence-electron chi connectivity index (χ0n) is 14.7. The number of nitrogens with one attached hydrogen (secondary N) is 2. The van der Waals surface area contributed by atoms with Gasteiger partial charge in [0.25, 0.3) is 0 Å². The topological polar surface area (TPSA) is 93.0 Å². The summed E-state index contributed by atoms with van der Waals surface area (Å²) in [5.74, 6) is 0.759. The number of hydrogen-bond donors (Lipinski definition) is 2. The van der Waals surface area contributed by atoms with Gasteiger partial charge in [-0.05, 0) is 36.2 Å². The van der Waals surface area contributed by atoms with Gasteiger partial charge >= 0.3 is 11.8 Å². The smallest absolute Gasteiger partial charge is 0.316 e. The lowest BCUT2D eigenvalue weighted by Crippen LogP contribution is -2.26. The SMILES string of the molecule is COc1ccc(CCNC(=O)c2nc(-c3cccc4[nH]ccc34)no2)cc1. The van der Waals surface area contributed by atoms with Crippen LogP contribution in [-0.2, 0) is 6.42 Å². The van der Waals surface area contributed by atoms with Gasteiger partial charge < -0.3 is 19.6 Å². The summed E-state index contributed by atoms with van der Waals surface area (Å²) in [6.45, 7) is 0.469. The molecule has 0 unspecified atom stereocenters. The van der Waals surface area contributed by atoms with E-state index in [-0.39, 0.29) is 11.8 Å². The van der Waals surface area contributed by atoms with E-state index in [1.807, 2.05) is 54.7 Å². The van der Waals surface area contributed by atoms with Crippen molar-refractivity contribution in [2.24, 2.45) is 0 Å². The third kappa shape index (κ3) is 3.52. The fourth-order valence-corrected chi connectivity index (χ4v) is 2.89. The molecule has 27 heavy (non-hydrogen) atoms. The second-order valence-electron chi connectivity index (χ2n) is 6.02. The molecule has 0 aliphatic heterocycles. The quantitative estimate of drug-likeness (QED) is 0.549. The van der Waals surface area contributed by atoms with Crippen molar-refractivity contribution in [1.29, 1.82) is 0 Å². The molecule has 2 aromatic heterocycles. The standard InChI is InChI=1S/C20H18N4O3/c1-26-14-7-5-13(6-8-14)9-11-22-19(25)20-23-18(24-27-20)16-3-2-4-17-15(16)10-12-21-17/h2-8,10,12,21H,9,11H2,1H3,(H,22,25). The summed E-state index contributed by atoms with van der Waals surface area (Å²) >= 11 is 0. The molecule has 2 heterocycles. The number of rotatable bonds is 6. The van der Waals surface area contributed by atoms with Gasteiger partial charge in [0, 0.05) is 29.2 Å². The Hall–Kier alpha value is -3.61. The highest BCUT2D eigenvalue weighted by molar-refractivity contribution is 5.94. The largest absolute Gasteiger partial charge is 0.497 e. The van der Waals surface area contributed by atoms with Crippen molar-refractivity contribution in [3.05, 3.63) is 66.2 Å². The van der Waals surface area contributed by atoms with Crippen LogP contribution in [0.1, 0.15) is 16.2 Å². The van der Waals surface area contributed by atoms with Gasteiger partial charge in [-0.25, -0.2) is 0 Å². The summed E-state index contributed by atoms with van der Waals surface area (Å²) in [4.78, 5) is 19.6. The highest BCUT2D eigenvalue weighted by Crippen LogP contribution is 2.25. The molecule has 0 saturated carbocycles. The van der Waals surface area contributed by atoms with E-state index in [0.717, 1.165) is 27.8 Å². The Kier molecular flexibility index (Phi) is 4.57. The van der Waals surface area contributed by atoms with Crippen molar-refractivity contribution in [1.82, 2.24) is 20.4 Å². The Morgan fingerprint density at radius 1 is 1.19 bits per heavy atom. The van der Waals surface area contributed by atoms with Crippen LogP contribution in [0.25, 0.3) is 22.3 Å². The minimum Gasteiger partial charge on any atom is -0.497 e. The molecular weight excluding hydrogens is 344 g/mol. The van der Waals surface area contributed by atoms with Crippen LogP contribution in [0, 0.1) is 0 Å². The number of aromatic amines is 1. The first kappa shape index (κ1) is 16.8. The molecule has 0 radical (unpaired) electrons. The lowest BCUT2D eigenvalue weighted by atomic mass is 10.1. The number of carbonyl (C=O) groups is 1. The molecule has 0 aliphatic carbocycles. The predicted octanol–water partition coefficient (Wildman–Crippen LogP) is 3.20. The number of fused-ring (bicyclic) bond motifs is 1. The first-order chi connectivity index (χ1) is 13.2. The third-order valence-corrected chi connectivity index (χ3v) is 4.31. The van der Waals surface area contributed by atoms with E-state index < -0.39 is 0 Å². The summed E-state index contributed by atoms with van der Waals surface area (Å²) in [7, 11) is 1.63. The molecule has 0 fully saturated rings. The highest BCUT2D eigenvalue weighted by atomic mass is 16.5. The van der Waals surface area contributed by atoms with Gasteiger partial charge in [0.2, 0.25) is 5.82 Å². The molecule has 0 bridgehead atoms. The second-order valence-corrected chi connectivity index (χ2v) is 6.02. The molecule has 0 aliphatic rings. The monoisotopic (exact) mass is 362 g/mol. The van der Waals surface area contributed by atoms with Crippen LogP contribution in [0.5, 0.6) is 5.75 Å². The van der Waals surface area contributed by atoms with Crippen LogP contribution in [0.15, 0.2) is 59.3 Å². The van der Waals surface area contributed by atoms with Gasteiger partial charge in [0.05, 0.1) is 7.11 Å². The van der Waals surface area contributed by atoms with E-state index in [1.54, 1.807) is 7.11 Å². The Bertz CT molecular complexity index is 1070. The average Bonchev–Trinajstić information content (AvgIpc) is 3.38. The number of ether oxygens (including phenoxy) is 1. The van der Waals surface area contributed by atoms with E-state index in [1.165, 1.54) is 0 Å². The molecule has 7 heteroatoms. The van der Waals surface area contributed by atoms with Crippen LogP contribution in [0.3, 0.4) is 0 Å². The van der Waals surface area contributed by atoms with Crippen molar-refractivity contribution >= 4 is 16.8 Å². The first-order valence-electron chi connectivity index (χ1n) is 8.56. The molecule has 7 nitrogen and oxygen atoms in total. The van der Waals surface area contributed by atoms with Crippen LogP contribution in [0.2, 0.25) is 0 Å². The van der Waals surface area contributed by atoms with E-state index in [9.17, 15) is 4.79 Å². The van der Waals surface area contributed by atoms with Crippen molar-refractivity contribution in [2.45, 2.75) is 6.42 Å². The van der Waals surface area contributed by atoms with Crippen molar-refractivity contribution < 1.29 is 14.1 Å². The van der Waals surface area contributed by atoms with Gasteiger partial charge in [-0.1, -0.05) is 29.4 Å². The number of H-pyrrole nitrogens is 1. The van der Waals surface area contributed by atoms with Crippen molar-refractivity contribution in [3.8, 4) is 17.1 Å². The maximum atomic E-state index is 12.3. The van der Waals surface area contributed by atoms with E-state index >= 15 is 0 Å².